The van der Waals surface area contributed by atoms with Gasteiger partial charge in [0.1, 0.15) is 0 Å². The second-order valence-electron chi connectivity index (χ2n) is 3.23. The van der Waals surface area contributed by atoms with Crippen LogP contribution in [0.4, 0.5) is 0 Å². The van der Waals surface area contributed by atoms with Gasteiger partial charge in [0.05, 0.1) is 0 Å². The van der Waals surface area contributed by atoms with Crippen molar-refractivity contribution in [3.05, 3.63) is 0 Å². The number of hydrogen-bond donors (Lipinski definition) is 0. The van der Waals surface area contributed by atoms with Crippen molar-refractivity contribution in [2.24, 2.45) is 0 Å². The number of halogens is 1. The van der Waals surface area contributed by atoms with E-state index in [1.807, 2.05) is 0 Å². The molecule has 0 atom stereocenters. The van der Waals surface area contributed by atoms with Gasteiger partial charge in [-0.2, -0.15) is 0 Å². The molecule has 0 radical (unpaired) electrons. The molecule has 0 aliphatic rings. The SMILES string of the molecule is CC[CH2][Al]([CH2]CC)[CH2]CC.Cl. The summed E-state index contributed by atoms with van der Waals surface area (Å²) in [6.07, 6.45) is 4.28. The molecule has 0 aliphatic heterocycles. The van der Waals surface area contributed by atoms with Crippen LogP contribution in [0.3, 0.4) is 0 Å². The van der Waals surface area contributed by atoms with E-state index in [0.717, 1.165) is 0 Å². The van der Waals surface area contributed by atoms with E-state index in [1.165, 1.54) is 19.3 Å². The molecule has 0 nitrogen and oxygen atoms in total. The molecule has 0 amide bonds. The second-order valence-corrected chi connectivity index (χ2v) is 6.70. The van der Waals surface area contributed by atoms with Gasteiger partial charge >= 0.3 is 0 Å². The Kier molecular flexibility index (Phi) is 14.1. The van der Waals surface area contributed by atoms with Crippen LogP contribution in [0.25, 0.3) is 0 Å². The van der Waals surface area contributed by atoms with Gasteiger partial charge in [0.25, 0.3) is 14.1 Å². The van der Waals surface area contributed by atoms with Crippen LogP contribution in [0.1, 0.15) is 40.0 Å². The summed E-state index contributed by atoms with van der Waals surface area (Å²) >= 11 is -0.234. The predicted octanol–water partition coefficient (Wildman–Crippen LogP) is 4.13. The number of rotatable bonds is 6. The van der Waals surface area contributed by atoms with Gasteiger partial charge in [-0.05, 0) is 0 Å². The molecule has 11 heavy (non-hydrogen) atoms. The van der Waals surface area contributed by atoms with Crippen LogP contribution < -0.4 is 0 Å². The van der Waals surface area contributed by atoms with E-state index in [2.05, 4.69) is 20.8 Å². The second kappa shape index (κ2) is 10.8. The van der Waals surface area contributed by atoms with E-state index in [9.17, 15) is 0 Å². The first kappa shape index (κ1) is 14.4. The molecule has 0 aromatic heterocycles. The summed E-state index contributed by atoms with van der Waals surface area (Å²) < 4.78 is 0. The molecular weight excluding hydrogens is 171 g/mol. The van der Waals surface area contributed by atoms with Crippen LogP contribution in [0.15, 0.2) is 0 Å². The zero-order valence-electron chi connectivity index (χ0n) is 8.23. The molecule has 0 aliphatic carbocycles. The van der Waals surface area contributed by atoms with Crippen LogP contribution in [0, 0.1) is 0 Å². The van der Waals surface area contributed by atoms with E-state index in [-0.39, 0.29) is 26.6 Å². The van der Waals surface area contributed by atoms with Crippen molar-refractivity contribution in [3.8, 4) is 0 Å². The lowest BCUT2D eigenvalue weighted by molar-refractivity contribution is 0.957. The van der Waals surface area contributed by atoms with Gasteiger partial charge < -0.3 is 0 Å². The Morgan fingerprint density at radius 2 is 1.00 bits per heavy atom. The predicted molar refractivity (Wildman–Crippen MR) is 58.3 cm³/mol. The van der Waals surface area contributed by atoms with Gasteiger partial charge in [0.15, 0.2) is 0 Å². The molecule has 0 fully saturated rings. The standard InChI is InChI=1S/3C3H7.Al.ClH/c3*1-3-2;;/h3*1,3H2,2H3;;1H. The average molecular weight is 193 g/mol. The molecule has 0 heterocycles. The summed E-state index contributed by atoms with van der Waals surface area (Å²) in [4.78, 5) is 0. The van der Waals surface area contributed by atoms with E-state index in [0.29, 0.717) is 0 Å². The van der Waals surface area contributed by atoms with Gasteiger partial charge in [0.2, 0.25) is 0 Å². The molecule has 2 heteroatoms. The maximum atomic E-state index is 2.32. The Labute approximate surface area is 82.6 Å². The number of hydrogen-bond acceptors (Lipinski definition) is 0. The minimum atomic E-state index is -0.234. The molecular formula is C9H22AlCl. The minimum Gasteiger partial charge on any atom is -0.147 e. The Morgan fingerprint density at radius 1 is 0.727 bits per heavy atom. The molecule has 0 spiro atoms. The van der Waals surface area contributed by atoms with Gasteiger partial charge in [-0.3, -0.25) is 0 Å². The van der Waals surface area contributed by atoms with Crippen molar-refractivity contribution in [3.63, 3.8) is 0 Å². The summed E-state index contributed by atoms with van der Waals surface area (Å²) in [5.41, 5.74) is 0. The van der Waals surface area contributed by atoms with Crippen molar-refractivity contribution in [1.29, 1.82) is 0 Å². The highest BCUT2D eigenvalue weighted by molar-refractivity contribution is 6.58. The Balaban J connectivity index is 0. The fraction of sp³-hybridized carbons (Fsp3) is 1.00. The van der Waals surface area contributed by atoms with Crippen LogP contribution in [-0.4, -0.2) is 14.1 Å². The highest BCUT2D eigenvalue weighted by Crippen LogP contribution is 2.11. The Bertz CT molecular complexity index is 52.3. The van der Waals surface area contributed by atoms with Crippen molar-refractivity contribution in [2.75, 3.05) is 0 Å². The van der Waals surface area contributed by atoms with Crippen molar-refractivity contribution < 1.29 is 0 Å². The van der Waals surface area contributed by atoms with Crippen molar-refractivity contribution in [2.45, 2.75) is 55.9 Å². The fourth-order valence-corrected chi connectivity index (χ4v) is 4.97. The minimum absolute atomic E-state index is 0. The summed E-state index contributed by atoms with van der Waals surface area (Å²) in [7, 11) is 0. The van der Waals surface area contributed by atoms with E-state index in [4.69, 9.17) is 0 Å². The summed E-state index contributed by atoms with van der Waals surface area (Å²) in [6.45, 7) is 6.97. The topological polar surface area (TPSA) is 0 Å². The molecule has 0 bridgehead atoms. The molecule has 0 aromatic carbocycles. The normalized spacial score (nSPS) is 9.00. The van der Waals surface area contributed by atoms with Gasteiger partial charge in [-0.1, -0.05) is 55.9 Å². The molecule has 0 aromatic rings. The first-order valence-electron chi connectivity index (χ1n) is 4.85. The van der Waals surface area contributed by atoms with Crippen LogP contribution in [0.2, 0.25) is 15.8 Å². The van der Waals surface area contributed by atoms with Gasteiger partial charge in [-0.25, -0.2) is 0 Å². The maximum Gasteiger partial charge on any atom is 0.261 e. The van der Waals surface area contributed by atoms with E-state index < -0.39 is 0 Å². The molecule has 0 N–H and O–H groups in total. The monoisotopic (exact) mass is 192 g/mol. The zero-order chi connectivity index (χ0) is 7.82. The molecule has 68 valence electrons. The lowest BCUT2D eigenvalue weighted by Gasteiger charge is -2.06. The zero-order valence-corrected chi connectivity index (χ0v) is 10.2. The molecule has 0 rings (SSSR count). The molecule has 0 saturated carbocycles. The lowest BCUT2D eigenvalue weighted by atomic mass is 10.5. The average Bonchev–Trinajstić information content (AvgIpc) is 1.90. The molecule has 0 unspecified atom stereocenters. The van der Waals surface area contributed by atoms with E-state index in [1.54, 1.807) is 15.8 Å². The van der Waals surface area contributed by atoms with Gasteiger partial charge in [-0.15, -0.1) is 12.4 Å². The Morgan fingerprint density at radius 3 is 1.18 bits per heavy atom. The van der Waals surface area contributed by atoms with Gasteiger partial charge in [0, 0.05) is 0 Å². The largest absolute Gasteiger partial charge is 0.261 e. The van der Waals surface area contributed by atoms with Crippen LogP contribution in [0.5, 0.6) is 0 Å². The van der Waals surface area contributed by atoms with E-state index >= 15 is 0 Å². The van der Waals surface area contributed by atoms with Crippen molar-refractivity contribution >= 4 is 26.6 Å². The third-order valence-corrected chi connectivity index (χ3v) is 6.27. The highest BCUT2D eigenvalue weighted by atomic mass is 35.5. The lowest BCUT2D eigenvalue weighted by Crippen LogP contribution is -2.09. The highest BCUT2D eigenvalue weighted by Gasteiger charge is 2.11. The Hall–Kier alpha value is 0.822. The van der Waals surface area contributed by atoms with Crippen molar-refractivity contribution in [1.82, 2.24) is 0 Å². The van der Waals surface area contributed by atoms with Crippen LogP contribution >= 0.6 is 12.4 Å². The third-order valence-electron chi connectivity index (χ3n) is 2.09. The third kappa shape index (κ3) is 8.73. The summed E-state index contributed by atoms with van der Waals surface area (Å²) in [6, 6.07) is 0. The first-order chi connectivity index (χ1) is 4.85. The quantitative estimate of drug-likeness (QED) is 0.555. The fourth-order valence-electron chi connectivity index (χ4n) is 1.66. The smallest absolute Gasteiger partial charge is 0.147 e. The summed E-state index contributed by atoms with van der Waals surface area (Å²) in [5, 5.41) is 4.76. The summed E-state index contributed by atoms with van der Waals surface area (Å²) in [5.74, 6) is 0. The maximum absolute atomic E-state index is 2.32. The first-order valence-corrected chi connectivity index (χ1v) is 7.30. The molecule has 0 saturated heterocycles. The van der Waals surface area contributed by atoms with Crippen LogP contribution in [-0.2, 0) is 0 Å².